The van der Waals surface area contributed by atoms with E-state index in [-0.39, 0.29) is 11.9 Å². The van der Waals surface area contributed by atoms with Gasteiger partial charge in [0.25, 0.3) is 5.91 Å². The van der Waals surface area contributed by atoms with Gasteiger partial charge in [-0.2, -0.15) is 10.2 Å². The number of aromatic nitrogens is 4. The molecular formula is C15H21N5O. The van der Waals surface area contributed by atoms with E-state index >= 15 is 0 Å². The Morgan fingerprint density at radius 1 is 1.43 bits per heavy atom. The van der Waals surface area contributed by atoms with Crippen LogP contribution in [0.15, 0.2) is 18.6 Å². The second-order valence-corrected chi connectivity index (χ2v) is 5.56. The minimum absolute atomic E-state index is 0.0633. The van der Waals surface area contributed by atoms with Crippen LogP contribution >= 0.6 is 0 Å². The van der Waals surface area contributed by atoms with Crippen LogP contribution in [0.2, 0.25) is 0 Å². The summed E-state index contributed by atoms with van der Waals surface area (Å²) >= 11 is 0. The molecule has 0 aliphatic carbocycles. The van der Waals surface area contributed by atoms with Crippen LogP contribution in [-0.2, 0) is 6.54 Å². The standard InChI is InChI=1S/C15H21N5O/c1-3-19-10-12(9-17-19)15(21)20-7-5-4-6-13(20)14-11(2)8-16-18-14/h8-10,13H,3-7H2,1-2H3,(H,16,18)/t13-/m1/s1. The van der Waals surface area contributed by atoms with E-state index in [1.54, 1.807) is 10.9 Å². The molecule has 0 saturated carbocycles. The molecule has 0 aromatic carbocycles. The molecule has 2 aromatic heterocycles. The number of rotatable bonds is 3. The Morgan fingerprint density at radius 2 is 2.29 bits per heavy atom. The fraction of sp³-hybridized carbons (Fsp3) is 0.533. The molecule has 3 heterocycles. The maximum atomic E-state index is 12.8. The Balaban J connectivity index is 1.87. The average molecular weight is 287 g/mol. The van der Waals surface area contributed by atoms with Crippen molar-refractivity contribution in [2.24, 2.45) is 0 Å². The van der Waals surface area contributed by atoms with Crippen molar-refractivity contribution in [1.29, 1.82) is 0 Å². The Morgan fingerprint density at radius 3 is 2.95 bits per heavy atom. The first-order valence-electron chi connectivity index (χ1n) is 7.54. The van der Waals surface area contributed by atoms with E-state index in [1.165, 1.54) is 0 Å². The second-order valence-electron chi connectivity index (χ2n) is 5.56. The molecule has 2 aromatic rings. The molecule has 1 saturated heterocycles. The van der Waals surface area contributed by atoms with Crippen LogP contribution in [0.3, 0.4) is 0 Å². The number of carbonyl (C=O) groups is 1. The quantitative estimate of drug-likeness (QED) is 0.942. The highest BCUT2D eigenvalue weighted by atomic mass is 16.2. The van der Waals surface area contributed by atoms with Crippen molar-refractivity contribution in [2.75, 3.05) is 6.54 Å². The number of aryl methyl sites for hydroxylation is 2. The summed E-state index contributed by atoms with van der Waals surface area (Å²) in [4.78, 5) is 14.7. The Kier molecular flexibility index (Phi) is 3.77. The maximum Gasteiger partial charge on any atom is 0.257 e. The van der Waals surface area contributed by atoms with Crippen LogP contribution in [0.4, 0.5) is 0 Å². The van der Waals surface area contributed by atoms with Gasteiger partial charge in [-0.15, -0.1) is 0 Å². The van der Waals surface area contributed by atoms with Crippen LogP contribution in [0.25, 0.3) is 0 Å². The largest absolute Gasteiger partial charge is 0.330 e. The summed E-state index contributed by atoms with van der Waals surface area (Å²) < 4.78 is 1.79. The van der Waals surface area contributed by atoms with E-state index in [9.17, 15) is 4.79 Å². The molecule has 6 nitrogen and oxygen atoms in total. The molecule has 1 atom stereocenters. The minimum atomic E-state index is 0.0633. The number of aromatic amines is 1. The summed E-state index contributed by atoms with van der Waals surface area (Å²) in [5, 5.41) is 11.4. The molecule has 0 unspecified atom stereocenters. The Bertz CT molecular complexity index is 630. The van der Waals surface area contributed by atoms with Gasteiger partial charge in [0.2, 0.25) is 0 Å². The molecule has 1 aliphatic heterocycles. The SMILES string of the molecule is CCn1cc(C(=O)N2CCCC[C@@H]2c2[nH]ncc2C)cn1. The number of carbonyl (C=O) groups excluding carboxylic acids is 1. The predicted molar refractivity (Wildman–Crippen MR) is 78.9 cm³/mol. The topological polar surface area (TPSA) is 66.8 Å². The molecule has 0 spiro atoms. The molecule has 1 N–H and O–H groups in total. The van der Waals surface area contributed by atoms with E-state index in [2.05, 4.69) is 15.3 Å². The zero-order valence-corrected chi connectivity index (χ0v) is 12.5. The van der Waals surface area contributed by atoms with Crippen molar-refractivity contribution < 1.29 is 4.79 Å². The smallest absolute Gasteiger partial charge is 0.257 e. The first-order chi connectivity index (χ1) is 10.2. The number of H-pyrrole nitrogens is 1. The first kappa shape index (κ1) is 13.9. The van der Waals surface area contributed by atoms with Crippen molar-refractivity contribution in [3.05, 3.63) is 35.4 Å². The van der Waals surface area contributed by atoms with Crippen molar-refractivity contribution in [2.45, 2.75) is 45.7 Å². The maximum absolute atomic E-state index is 12.8. The van der Waals surface area contributed by atoms with Gasteiger partial charge in [-0.1, -0.05) is 0 Å². The zero-order valence-electron chi connectivity index (χ0n) is 12.5. The highest BCUT2D eigenvalue weighted by Crippen LogP contribution is 2.32. The van der Waals surface area contributed by atoms with E-state index in [0.29, 0.717) is 5.56 Å². The third kappa shape index (κ3) is 2.57. The van der Waals surface area contributed by atoms with Crippen molar-refractivity contribution in [3.8, 4) is 0 Å². The summed E-state index contributed by atoms with van der Waals surface area (Å²) in [5.41, 5.74) is 2.84. The van der Waals surface area contributed by atoms with Crippen molar-refractivity contribution in [1.82, 2.24) is 24.9 Å². The lowest BCUT2D eigenvalue weighted by molar-refractivity contribution is 0.0605. The van der Waals surface area contributed by atoms with Crippen molar-refractivity contribution in [3.63, 3.8) is 0 Å². The lowest BCUT2D eigenvalue weighted by atomic mass is 9.97. The Labute approximate surface area is 124 Å². The molecule has 0 radical (unpaired) electrons. The molecule has 6 heteroatoms. The van der Waals surface area contributed by atoms with Crippen LogP contribution < -0.4 is 0 Å². The number of hydrogen-bond acceptors (Lipinski definition) is 3. The number of amides is 1. The van der Waals surface area contributed by atoms with Gasteiger partial charge < -0.3 is 4.90 Å². The van der Waals surface area contributed by atoms with E-state index < -0.39 is 0 Å². The third-order valence-corrected chi connectivity index (χ3v) is 4.17. The van der Waals surface area contributed by atoms with Gasteiger partial charge in [-0.05, 0) is 38.7 Å². The van der Waals surface area contributed by atoms with Crippen LogP contribution in [-0.4, -0.2) is 37.3 Å². The van der Waals surface area contributed by atoms with E-state index in [1.807, 2.05) is 31.1 Å². The Hall–Kier alpha value is -2.11. The average Bonchev–Trinajstić information content (AvgIpc) is 3.15. The number of piperidine rings is 1. The zero-order chi connectivity index (χ0) is 14.8. The molecular weight excluding hydrogens is 266 g/mol. The lowest BCUT2D eigenvalue weighted by Crippen LogP contribution is -2.38. The van der Waals surface area contributed by atoms with Crippen LogP contribution in [0.1, 0.15) is 53.8 Å². The summed E-state index contributed by atoms with van der Waals surface area (Å²) in [6.07, 6.45) is 8.49. The molecule has 1 fully saturated rings. The fourth-order valence-electron chi connectivity index (χ4n) is 2.98. The molecule has 112 valence electrons. The van der Waals surface area contributed by atoms with Gasteiger partial charge in [0.15, 0.2) is 0 Å². The van der Waals surface area contributed by atoms with Gasteiger partial charge in [-0.25, -0.2) is 0 Å². The molecule has 21 heavy (non-hydrogen) atoms. The van der Waals surface area contributed by atoms with Gasteiger partial charge >= 0.3 is 0 Å². The normalized spacial score (nSPS) is 19.0. The monoisotopic (exact) mass is 287 g/mol. The highest BCUT2D eigenvalue weighted by molar-refractivity contribution is 5.94. The second kappa shape index (κ2) is 5.71. The lowest BCUT2D eigenvalue weighted by Gasteiger charge is -2.35. The van der Waals surface area contributed by atoms with Gasteiger partial charge in [0, 0.05) is 19.3 Å². The summed E-state index contributed by atoms with van der Waals surface area (Å²) in [6.45, 7) is 5.61. The minimum Gasteiger partial charge on any atom is -0.330 e. The number of likely N-dealkylation sites (tertiary alicyclic amines) is 1. The van der Waals surface area contributed by atoms with E-state index in [4.69, 9.17) is 0 Å². The molecule has 3 rings (SSSR count). The highest BCUT2D eigenvalue weighted by Gasteiger charge is 2.31. The number of nitrogens with one attached hydrogen (secondary N) is 1. The van der Waals surface area contributed by atoms with Crippen LogP contribution in [0, 0.1) is 6.92 Å². The van der Waals surface area contributed by atoms with Crippen LogP contribution in [0.5, 0.6) is 0 Å². The van der Waals surface area contributed by atoms with Gasteiger partial charge in [0.1, 0.15) is 0 Å². The van der Waals surface area contributed by atoms with E-state index in [0.717, 1.165) is 43.6 Å². The van der Waals surface area contributed by atoms with Gasteiger partial charge in [-0.3, -0.25) is 14.6 Å². The molecule has 0 bridgehead atoms. The third-order valence-electron chi connectivity index (χ3n) is 4.17. The summed E-state index contributed by atoms with van der Waals surface area (Å²) in [5.74, 6) is 0.0633. The molecule has 1 aliphatic rings. The van der Waals surface area contributed by atoms with Crippen molar-refractivity contribution >= 4 is 5.91 Å². The number of nitrogens with zero attached hydrogens (tertiary/aromatic N) is 4. The predicted octanol–water partition coefficient (Wildman–Crippen LogP) is 2.30. The van der Waals surface area contributed by atoms with Gasteiger partial charge in [0.05, 0.1) is 29.7 Å². The summed E-state index contributed by atoms with van der Waals surface area (Å²) in [7, 11) is 0. The fourth-order valence-corrected chi connectivity index (χ4v) is 2.98. The summed E-state index contributed by atoms with van der Waals surface area (Å²) in [6, 6.07) is 0.0960. The molecule has 1 amide bonds. The number of hydrogen-bond donors (Lipinski definition) is 1. The first-order valence-corrected chi connectivity index (χ1v) is 7.54.